The zero-order chi connectivity index (χ0) is 14.6. The van der Waals surface area contributed by atoms with Gasteiger partial charge in [0.2, 0.25) is 5.75 Å². The zero-order valence-electron chi connectivity index (χ0n) is 12.7. The van der Waals surface area contributed by atoms with E-state index in [0.29, 0.717) is 5.75 Å². The molecular formula is C14H26N4O2. The maximum absolute atomic E-state index is 5.44. The number of ether oxygens (including phenoxy) is 2. The van der Waals surface area contributed by atoms with Gasteiger partial charge in [-0.3, -0.25) is 0 Å². The van der Waals surface area contributed by atoms with Gasteiger partial charge in [0, 0.05) is 26.3 Å². The summed E-state index contributed by atoms with van der Waals surface area (Å²) in [5.41, 5.74) is 0. The Morgan fingerprint density at radius 2 is 1.70 bits per heavy atom. The minimum absolute atomic E-state index is 0.662. The van der Waals surface area contributed by atoms with Crippen LogP contribution in [0, 0.1) is 0 Å². The quantitative estimate of drug-likeness (QED) is 0.608. The van der Waals surface area contributed by atoms with Crippen LogP contribution in [-0.4, -0.2) is 43.4 Å². The predicted octanol–water partition coefficient (Wildman–Crippen LogP) is 2.54. The van der Waals surface area contributed by atoms with Crippen LogP contribution >= 0.6 is 0 Å². The van der Waals surface area contributed by atoms with E-state index < -0.39 is 0 Å². The number of hydrogen-bond donors (Lipinski definition) is 2. The molecule has 20 heavy (non-hydrogen) atoms. The highest BCUT2D eigenvalue weighted by molar-refractivity contribution is 5.63. The molecule has 1 rings (SSSR count). The van der Waals surface area contributed by atoms with Gasteiger partial charge in [-0.15, -0.1) is 0 Å². The van der Waals surface area contributed by atoms with E-state index in [2.05, 4.69) is 34.4 Å². The molecule has 0 aliphatic heterocycles. The summed E-state index contributed by atoms with van der Waals surface area (Å²) in [6.07, 6.45) is 4.56. The molecule has 1 heterocycles. The van der Waals surface area contributed by atoms with Crippen molar-refractivity contribution in [3.05, 3.63) is 6.33 Å². The monoisotopic (exact) mass is 282 g/mol. The van der Waals surface area contributed by atoms with Crippen LogP contribution in [0.4, 0.5) is 11.6 Å². The third kappa shape index (κ3) is 5.61. The smallest absolute Gasteiger partial charge is 0.204 e. The molecule has 0 amide bonds. The summed E-state index contributed by atoms with van der Waals surface area (Å²) >= 11 is 0. The number of nitrogens with one attached hydrogen (secondary N) is 2. The lowest BCUT2D eigenvalue weighted by Gasteiger charge is -2.13. The minimum atomic E-state index is 0.662. The third-order valence-electron chi connectivity index (χ3n) is 2.66. The molecule has 1 aromatic heterocycles. The van der Waals surface area contributed by atoms with Crippen molar-refractivity contribution in [2.45, 2.75) is 33.1 Å². The van der Waals surface area contributed by atoms with E-state index in [9.17, 15) is 0 Å². The van der Waals surface area contributed by atoms with Crippen LogP contribution in [0.25, 0.3) is 0 Å². The van der Waals surface area contributed by atoms with Crippen molar-refractivity contribution in [3.8, 4) is 5.75 Å². The van der Waals surface area contributed by atoms with Crippen molar-refractivity contribution in [1.29, 1.82) is 0 Å². The maximum atomic E-state index is 5.44. The molecule has 0 aromatic carbocycles. The van der Waals surface area contributed by atoms with Crippen molar-refractivity contribution in [3.63, 3.8) is 0 Å². The first kappa shape index (κ1) is 16.5. The molecule has 114 valence electrons. The van der Waals surface area contributed by atoms with E-state index in [1.807, 2.05) is 0 Å². The highest BCUT2D eigenvalue weighted by Gasteiger charge is 2.10. The second-order valence-corrected chi connectivity index (χ2v) is 4.42. The van der Waals surface area contributed by atoms with Crippen molar-refractivity contribution in [2.24, 2.45) is 0 Å². The van der Waals surface area contributed by atoms with E-state index in [4.69, 9.17) is 9.47 Å². The summed E-state index contributed by atoms with van der Waals surface area (Å²) in [7, 11) is 1.63. The number of methoxy groups -OCH3 is 1. The summed E-state index contributed by atoms with van der Waals surface area (Å²) in [5.74, 6) is 2.11. The normalized spacial score (nSPS) is 10.3. The van der Waals surface area contributed by atoms with Crippen LogP contribution in [0.1, 0.15) is 33.1 Å². The molecule has 0 saturated heterocycles. The van der Waals surface area contributed by atoms with E-state index in [1.54, 1.807) is 7.11 Å². The molecule has 2 N–H and O–H groups in total. The Hall–Kier alpha value is -1.56. The Balaban J connectivity index is 2.47. The molecule has 0 atom stereocenters. The lowest BCUT2D eigenvalue weighted by atomic mass is 10.4. The molecule has 6 nitrogen and oxygen atoms in total. The van der Waals surface area contributed by atoms with Gasteiger partial charge in [-0.1, -0.05) is 13.8 Å². The summed E-state index contributed by atoms with van der Waals surface area (Å²) in [6, 6.07) is 0. The first-order valence-electron chi connectivity index (χ1n) is 7.27. The van der Waals surface area contributed by atoms with Gasteiger partial charge in [-0.05, 0) is 19.3 Å². The molecule has 1 aromatic rings. The molecule has 0 radical (unpaired) electrons. The van der Waals surface area contributed by atoms with Crippen molar-refractivity contribution < 1.29 is 9.47 Å². The van der Waals surface area contributed by atoms with Gasteiger partial charge in [0.25, 0.3) is 0 Å². The number of rotatable bonds is 11. The van der Waals surface area contributed by atoms with Crippen LogP contribution in [0.3, 0.4) is 0 Å². The highest BCUT2D eigenvalue weighted by Crippen LogP contribution is 2.28. The topological polar surface area (TPSA) is 68.3 Å². The van der Waals surface area contributed by atoms with Crippen LogP contribution in [0.5, 0.6) is 5.75 Å². The Morgan fingerprint density at radius 3 is 2.30 bits per heavy atom. The SMILES string of the molecule is CCCNc1ncnc(NCCCOCCC)c1OC. The summed E-state index contributed by atoms with van der Waals surface area (Å²) in [5, 5.41) is 6.49. The molecule has 6 heteroatoms. The Kier molecular flexibility index (Phi) is 8.46. The summed E-state index contributed by atoms with van der Waals surface area (Å²) < 4.78 is 10.8. The summed E-state index contributed by atoms with van der Waals surface area (Å²) in [6.45, 7) is 7.45. The summed E-state index contributed by atoms with van der Waals surface area (Å²) in [4.78, 5) is 8.43. The molecule has 0 spiro atoms. The molecule has 0 saturated carbocycles. The van der Waals surface area contributed by atoms with Crippen molar-refractivity contribution in [2.75, 3.05) is 44.0 Å². The first-order chi connectivity index (χ1) is 9.83. The average Bonchev–Trinajstić information content (AvgIpc) is 2.48. The van der Waals surface area contributed by atoms with Gasteiger partial charge >= 0.3 is 0 Å². The van der Waals surface area contributed by atoms with E-state index in [1.165, 1.54) is 6.33 Å². The fourth-order valence-corrected chi connectivity index (χ4v) is 1.69. The van der Waals surface area contributed by atoms with Gasteiger partial charge in [-0.2, -0.15) is 0 Å². The van der Waals surface area contributed by atoms with Gasteiger partial charge < -0.3 is 20.1 Å². The lowest BCUT2D eigenvalue weighted by molar-refractivity contribution is 0.134. The lowest BCUT2D eigenvalue weighted by Crippen LogP contribution is -2.11. The van der Waals surface area contributed by atoms with Gasteiger partial charge in [0.1, 0.15) is 6.33 Å². The minimum Gasteiger partial charge on any atom is -0.490 e. The second-order valence-electron chi connectivity index (χ2n) is 4.42. The zero-order valence-corrected chi connectivity index (χ0v) is 12.7. The van der Waals surface area contributed by atoms with Crippen LogP contribution < -0.4 is 15.4 Å². The fraction of sp³-hybridized carbons (Fsp3) is 0.714. The van der Waals surface area contributed by atoms with E-state index >= 15 is 0 Å². The van der Waals surface area contributed by atoms with E-state index in [0.717, 1.165) is 57.2 Å². The van der Waals surface area contributed by atoms with Crippen molar-refractivity contribution in [1.82, 2.24) is 9.97 Å². The fourth-order valence-electron chi connectivity index (χ4n) is 1.69. The van der Waals surface area contributed by atoms with Gasteiger partial charge in [-0.25, -0.2) is 9.97 Å². The second kappa shape index (κ2) is 10.3. The van der Waals surface area contributed by atoms with Crippen LogP contribution in [-0.2, 0) is 4.74 Å². The number of hydrogen-bond acceptors (Lipinski definition) is 6. The van der Waals surface area contributed by atoms with Crippen LogP contribution in [0.15, 0.2) is 6.33 Å². The largest absolute Gasteiger partial charge is 0.490 e. The Morgan fingerprint density at radius 1 is 1.00 bits per heavy atom. The third-order valence-corrected chi connectivity index (χ3v) is 2.66. The Labute approximate surface area is 121 Å². The molecule has 0 unspecified atom stereocenters. The number of anilines is 2. The van der Waals surface area contributed by atoms with Gasteiger partial charge in [0.15, 0.2) is 11.6 Å². The molecular weight excluding hydrogens is 256 g/mol. The number of aromatic nitrogens is 2. The van der Waals surface area contributed by atoms with Gasteiger partial charge in [0.05, 0.1) is 7.11 Å². The van der Waals surface area contributed by atoms with E-state index in [-0.39, 0.29) is 0 Å². The first-order valence-corrected chi connectivity index (χ1v) is 7.27. The van der Waals surface area contributed by atoms with Crippen molar-refractivity contribution >= 4 is 11.6 Å². The molecule has 0 aliphatic carbocycles. The average molecular weight is 282 g/mol. The standard InChI is InChI=1S/C14H26N4O2/c1-4-7-15-13-12(19-3)14(18-11-17-13)16-8-6-10-20-9-5-2/h11H,4-10H2,1-3H3,(H2,15,16,17,18). The van der Waals surface area contributed by atoms with Crippen LogP contribution in [0.2, 0.25) is 0 Å². The molecule has 0 fully saturated rings. The molecule has 0 bridgehead atoms. The Bertz CT molecular complexity index is 374. The molecule has 0 aliphatic rings. The number of nitrogens with zero attached hydrogens (tertiary/aromatic N) is 2. The highest BCUT2D eigenvalue weighted by atomic mass is 16.5. The maximum Gasteiger partial charge on any atom is 0.204 e. The predicted molar refractivity (Wildman–Crippen MR) is 81.6 cm³/mol.